The van der Waals surface area contributed by atoms with Crippen molar-refractivity contribution in [2.24, 2.45) is 11.7 Å². The van der Waals surface area contributed by atoms with E-state index in [-0.39, 0.29) is 17.9 Å². The average Bonchev–Trinajstić information content (AvgIpc) is 2.35. The minimum Gasteiger partial charge on any atom is -0.338 e. The first-order chi connectivity index (χ1) is 7.61. The van der Waals surface area contributed by atoms with Gasteiger partial charge in [-0.2, -0.15) is 0 Å². The van der Waals surface area contributed by atoms with Crippen LogP contribution in [0.1, 0.15) is 52.9 Å². The first-order valence-corrected chi connectivity index (χ1v) is 6.67. The molecule has 1 aliphatic heterocycles. The number of nitrogens with zero attached hydrogens (tertiary/aromatic N) is 1. The van der Waals surface area contributed by atoms with Gasteiger partial charge < -0.3 is 10.6 Å². The summed E-state index contributed by atoms with van der Waals surface area (Å²) in [6.07, 6.45) is 5.56. The molecule has 16 heavy (non-hydrogen) atoms. The first kappa shape index (κ1) is 13.5. The molecule has 1 heterocycles. The highest BCUT2D eigenvalue weighted by atomic mass is 16.2. The summed E-state index contributed by atoms with van der Waals surface area (Å²) in [7, 11) is 0. The standard InChI is InChI=1S/C13H26N2O/c1-4-10(3)12(14)13(16)15-9-7-6-8-11(15)5-2/h10-12H,4-9,14H2,1-3H3/t10?,11?,12-/m0/s1. The van der Waals surface area contributed by atoms with Crippen molar-refractivity contribution in [3.8, 4) is 0 Å². The Hall–Kier alpha value is -0.570. The molecule has 2 N–H and O–H groups in total. The maximum atomic E-state index is 12.3. The highest BCUT2D eigenvalue weighted by Crippen LogP contribution is 2.21. The summed E-state index contributed by atoms with van der Waals surface area (Å²) >= 11 is 0. The van der Waals surface area contributed by atoms with Crippen LogP contribution in [-0.2, 0) is 4.79 Å². The number of piperidine rings is 1. The molecule has 0 spiro atoms. The van der Waals surface area contributed by atoms with Crippen molar-refractivity contribution in [1.82, 2.24) is 4.90 Å². The van der Waals surface area contributed by atoms with Crippen LogP contribution in [0.5, 0.6) is 0 Å². The van der Waals surface area contributed by atoms with Gasteiger partial charge in [0, 0.05) is 12.6 Å². The SMILES string of the molecule is CCC(C)[C@H](N)C(=O)N1CCCCC1CC. The van der Waals surface area contributed by atoms with Crippen LogP contribution in [0.4, 0.5) is 0 Å². The maximum Gasteiger partial charge on any atom is 0.240 e. The van der Waals surface area contributed by atoms with Crippen molar-refractivity contribution >= 4 is 5.91 Å². The van der Waals surface area contributed by atoms with Gasteiger partial charge in [0.05, 0.1) is 6.04 Å². The zero-order valence-corrected chi connectivity index (χ0v) is 10.9. The largest absolute Gasteiger partial charge is 0.338 e. The van der Waals surface area contributed by atoms with Crippen LogP contribution >= 0.6 is 0 Å². The van der Waals surface area contributed by atoms with Gasteiger partial charge in [-0.1, -0.05) is 27.2 Å². The monoisotopic (exact) mass is 226 g/mol. The molecule has 0 radical (unpaired) electrons. The van der Waals surface area contributed by atoms with Gasteiger partial charge in [-0.15, -0.1) is 0 Å². The van der Waals surface area contributed by atoms with E-state index in [1.807, 2.05) is 4.90 Å². The fourth-order valence-electron chi connectivity index (χ4n) is 2.40. The minimum absolute atomic E-state index is 0.168. The Balaban J connectivity index is 2.63. The topological polar surface area (TPSA) is 46.3 Å². The lowest BCUT2D eigenvalue weighted by atomic mass is 9.94. The number of nitrogens with two attached hydrogens (primary N) is 1. The van der Waals surface area contributed by atoms with Crippen LogP contribution < -0.4 is 5.73 Å². The molecule has 0 aromatic carbocycles. The van der Waals surface area contributed by atoms with Crippen LogP contribution in [0.2, 0.25) is 0 Å². The fourth-order valence-corrected chi connectivity index (χ4v) is 2.40. The van der Waals surface area contributed by atoms with Gasteiger partial charge in [0.1, 0.15) is 0 Å². The van der Waals surface area contributed by atoms with E-state index >= 15 is 0 Å². The average molecular weight is 226 g/mol. The summed E-state index contributed by atoms with van der Waals surface area (Å²) in [5, 5.41) is 0. The number of hydrogen-bond acceptors (Lipinski definition) is 2. The predicted molar refractivity (Wildman–Crippen MR) is 67.1 cm³/mol. The molecule has 2 unspecified atom stereocenters. The highest BCUT2D eigenvalue weighted by molar-refractivity contribution is 5.82. The molecule has 94 valence electrons. The van der Waals surface area contributed by atoms with Crippen molar-refractivity contribution in [1.29, 1.82) is 0 Å². The third-order valence-corrected chi connectivity index (χ3v) is 3.92. The van der Waals surface area contributed by atoms with Crippen LogP contribution in [-0.4, -0.2) is 29.4 Å². The van der Waals surface area contributed by atoms with Crippen LogP contribution in [0.3, 0.4) is 0 Å². The lowest BCUT2D eigenvalue weighted by Gasteiger charge is -2.37. The number of likely N-dealkylation sites (tertiary alicyclic amines) is 1. The molecule has 1 fully saturated rings. The first-order valence-electron chi connectivity index (χ1n) is 6.67. The Bertz CT molecular complexity index is 230. The van der Waals surface area contributed by atoms with Gasteiger partial charge >= 0.3 is 0 Å². The zero-order valence-electron chi connectivity index (χ0n) is 10.9. The second-order valence-corrected chi connectivity index (χ2v) is 5.00. The van der Waals surface area contributed by atoms with Gasteiger partial charge in [-0.25, -0.2) is 0 Å². The van der Waals surface area contributed by atoms with Crippen molar-refractivity contribution in [3.63, 3.8) is 0 Å². The summed E-state index contributed by atoms with van der Waals surface area (Å²) in [5.41, 5.74) is 6.03. The van der Waals surface area contributed by atoms with Crippen LogP contribution in [0.15, 0.2) is 0 Å². The van der Waals surface area contributed by atoms with Crippen LogP contribution in [0.25, 0.3) is 0 Å². The van der Waals surface area contributed by atoms with Gasteiger partial charge in [0.25, 0.3) is 0 Å². The quantitative estimate of drug-likeness (QED) is 0.798. The molecule has 1 rings (SSSR count). The minimum atomic E-state index is -0.308. The summed E-state index contributed by atoms with van der Waals surface area (Å²) in [5.74, 6) is 0.452. The van der Waals surface area contributed by atoms with Gasteiger partial charge in [0.15, 0.2) is 0 Å². The molecule has 0 bridgehead atoms. The maximum absolute atomic E-state index is 12.3. The fraction of sp³-hybridized carbons (Fsp3) is 0.923. The highest BCUT2D eigenvalue weighted by Gasteiger charge is 2.30. The van der Waals surface area contributed by atoms with Crippen LogP contribution in [0, 0.1) is 5.92 Å². The number of hydrogen-bond donors (Lipinski definition) is 1. The summed E-state index contributed by atoms with van der Waals surface area (Å²) in [6.45, 7) is 7.21. The smallest absolute Gasteiger partial charge is 0.240 e. The molecule has 0 saturated carbocycles. The molecule has 3 heteroatoms. The number of carbonyl (C=O) groups is 1. The van der Waals surface area contributed by atoms with Crippen molar-refractivity contribution in [2.45, 2.75) is 65.0 Å². The summed E-state index contributed by atoms with van der Waals surface area (Å²) < 4.78 is 0. The van der Waals surface area contributed by atoms with Crippen molar-refractivity contribution in [3.05, 3.63) is 0 Å². The third kappa shape index (κ3) is 2.97. The molecule has 0 aliphatic carbocycles. The second kappa shape index (κ2) is 6.24. The molecule has 1 saturated heterocycles. The van der Waals surface area contributed by atoms with E-state index in [9.17, 15) is 4.79 Å². The van der Waals surface area contributed by atoms with E-state index in [4.69, 9.17) is 5.73 Å². The van der Waals surface area contributed by atoms with E-state index in [0.29, 0.717) is 6.04 Å². The molecule has 0 aromatic heterocycles. The Morgan fingerprint density at radius 3 is 2.69 bits per heavy atom. The van der Waals surface area contributed by atoms with E-state index < -0.39 is 0 Å². The number of carbonyl (C=O) groups excluding carboxylic acids is 1. The van der Waals surface area contributed by atoms with Gasteiger partial charge in [-0.3, -0.25) is 4.79 Å². The zero-order chi connectivity index (χ0) is 12.1. The molecule has 3 atom stereocenters. The lowest BCUT2D eigenvalue weighted by molar-refractivity contribution is -0.137. The summed E-state index contributed by atoms with van der Waals surface area (Å²) in [6, 6.07) is 0.119. The van der Waals surface area contributed by atoms with Gasteiger partial charge in [-0.05, 0) is 31.6 Å². The Kier molecular flexibility index (Phi) is 5.26. The Morgan fingerprint density at radius 2 is 2.12 bits per heavy atom. The van der Waals surface area contributed by atoms with E-state index in [0.717, 1.165) is 32.2 Å². The van der Waals surface area contributed by atoms with Crippen molar-refractivity contribution < 1.29 is 4.79 Å². The molecule has 1 amide bonds. The molecular formula is C13H26N2O. The Morgan fingerprint density at radius 1 is 1.44 bits per heavy atom. The normalized spacial score (nSPS) is 25.2. The van der Waals surface area contributed by atoms with Gasteiger partial charge in [0.2, 0.25) is 5.91 Å². The van der Waals surface area contributed by atoms with E-state index in [1.165, 1.54) is 6.42 Å². The lowest BCUT2D eigenvalue weighted by Crippen LogP contribution is -2.52. The molecular weight excluding hydrogens is 200 g/mol. The number of amides is 1. The third-order valence-electron chi connectivity index (χ3n) is 3.92. The van der Waals surface area contributed by atoms with E-state index in [1.54, 1.807) is 0 Å². The molecule has 1 aliphatic rings. The molecule has 0 aromatic rings. The number of rotatable bonds is 4. The molecule has 3 nitrogen and oxygen atoms in total. The predicted octanol–water partition coefficient (Wildman–Crippen LogP) is 2.15. The summed E-state index contributed by atoms with van der Waals surface area (Å²) in [4.78, 5) is 14.3. The van der Waals surface area contributed by atoms with E-state index in [2.05, 4.69) is 20.8 Å². The second-order valence-electron chi connectivity index (χ2n) is 5.00. The van der Waals surface area contributed by atoms with Crippen molar-refractivity contribution in [2.75, 3.05) is 6.54 Å². The Labute approximate surface area is 99.4 Å².